The van der Waals surface area contributed by atoms with E-state index >= 15 is 0 Å². The van der Waals surface area contributed by atoms with Crippen LogP contribution in [0.2, 0.25) is 0 Å². The largest absolute Gasteiger partial charge is 0.326 e. The molecule has 2 rings (SSSR count). The summed E-state index contributed by atoms with van der Waals surface area (Å²) < 4.78 is 0. The summed E-state index contributed by atoms with van der Waals surface area (Å²) in [6.45, 7) is 2.68. The van der Waals surface area contributed by atoms with Crippen molar-refractivity contribution in [2.75, 3.05) is 0 Å². The second-order valence-corrected chi connectivity index (χ2v) is 4.98. The summed E-state index contributed by atoms with van der Waals surface area (Å²) in [6.07, 6.45) is 1.82. The molecule has 1 heterocycles. The molecule has 0 fully saturated rings. The van der Waals surface area contributed by atoms with Gasteiger partial charge in [0.25, 0.3) is 0 Å². The quantitative estimate of drug-likeness (QED) is 0.840. The van der Waals surface area contributed by atoms with Crippen molar-refractivity contribution in [1.82, 2.24) is 4.98 Å². The lowest BCUT2D eigenvalue weighted by Crippen LogP contribution is -1.96. The highest BCUT2D eigenvalue weighted by Gasteiger charge is 1.99. The average molecular weight is 244 g/mol. The van der Waals surface area contributed by atoms with Gasteiger partial charge in [-0.2, -0.15) is 0 Å². The summed E-state index contributed by atoms with van der Waals surface area (Å²) >= 11 is 1.75. The zero-order chi connectivity index (χ0) is 12.1. The van der Waals surface area contributed by atoms with Gasteiger partial charge in [0.2, 0.25) is 0 Å². The Morgan fingerprint density at radius 1 is 1.18 bits per heavy atom. The van der Waals surface area contributed by atoms with Crippen LogP contribution in [0, 0.1) is 6.92 Å². The number of thioether (sulfide) groups is 1. The molecule has 0 saturated heterocycles. The Bertz CT molecular complexity index is 497. The first kappa shape index (κ1) is 12.1. The minimum Gasteiger partial charge on any atom is -0.326 e. The van der Waals surface area contributed by atoms with Crippen LogP contribution < -0.4 is 5.73 Å². The van der Waals surface area contributed by atoms with Crippen LogP contribution in [0.5, 0.6) is 0 Å². The highest BCUT2D eigenvalue weighted by Crippen LogP contribution is 2.21. The molecule has 0 unspecified atom stereocenters. The maximum Gasteiger partial charge on any atom is 0.0966 e. The van der Waals surface area contributed by atoms with Crippen LogP contribution in [0.3, 0.4) is 0 Å². The maximum atomic E-state index is 5.61. The Morgan fingerprint density at radius 2 is 2.06 bits per heavy atom. The highest BCUT2D eigenvalue weighted by atomic mass is 32.2. The van der Waals surface area contributed by atoms with Crippen molar-refractivity contribution in [3.05, 3.63) is 59.3 Å². The van der Waals surface area contributed by atoms with E-state index < -0.39 is 0 Å². The fraction of sp³-hybridized carbons (Fsp3) is 0.214. The van der Waals surface area contributed by atoms with Crippen LogP contribution >= 0.6 is 11.8 Å². The molecule has 88 valence electrons. The fourth-order valence-electron chi connectivity index (χ4n) is 1.62. The second kappa shape index (κ2) is 5.84. The van der Waals surface area contributed by atoms with Gasteiger partial charge in [0.1, 0.15) is 0 Å². The van der Waals surface area contributed by atoms with Gasteiger partial charge < -0.3 is 5.73 Å². The first-order chi connectivity index (χ1) is 8.28. The summed E-state index contributed by atoms with van der Waals surface area (Å²) in [7, 11) is 0. The van der Waals surface area contributed by atoms with Crippen molar-refractivity contribution in [2.24, 2.45) is 5.73 Å². The third-order valence-electron chi connectivity index (χ3n) is 2.50. The van der Waals surface area contributed by atoms with E-state index in [1.165, 1.54) is 11.1 Å². The Labute approximate surface area is 106 Å². The average Bonchev–Trinajstić information content (AvgIpc) is 2.37. The second-order valence-electron chi connectivity index (χ2n) is 3.98. The Hall–Kier alpha value is -1.32. The zero-order valence-corrected chi connectivity index (χ0v) is 10.7. The van der Waals surface area contributed by atoms with Gasteiger partial charge in [0, 0.05) is 18.5 Å². The summed E-state index contributed by atoms with van der Waals surface area (Å²) in [4.78, 5) is 4.33. The number of aryl methyl sites for hydroxylation is 1. The molecule has 2 nitrogen and oxygen atoms in total. The van der Waals surface area contributed by atoms with Gasteiger partial charge in [-0.1, -0.05) is 29.8 Å². The summed E-state index contributed by atoms with van der Waals surface area (Å²) in [5.41, 5.74) is 9.37. The van der Waals surface area contributed by atoms with Gasteiger partial charge in [-0.05, 0) is 30.2 Å². The minimum absolute atomic E-state index is 0.570. The molecule has 0 radical (unpaired) electrons. The molecule has 1 aromatic heterocycles. The topological polar surface area (TPSA) is 38.9 Å². The van der Waals surface area contributed by atoms with Crippen LogP contribution in [0.1, 0.15) is 16.7 Å². The van der Waals surface area contributed by atoms with Crippen molar-refractivity contribution in [3.8, 4) is 0 Å². The molecule has 0 spiro atoms. The molecule has 0 aliphatic carbocycles. The molecule has 0 aliphatic heterocycles. The van der Waals surface area contributed by atoms with Crippen LogP contribution in [-0.2, 0) is 12.3 Å². The summed E-state index contributed by atoms with van der Waals surface area (Å²) in [6, 6.07) is 12.6. The normalized spacial score (nSPS) is 10.5. The Balaban J connectivity index is 2.02. The van der Waals surface area contributed by atoms with Crippen LogP contribution in [0.15, 0.2) is 47.6 Å². The predicted octanol–water partition coefficient (Wildman–Crippen LogP) is 3.14. The van der Waals surface area contributed by atoms with Crippen molar-refractivity contribution >= 4 is 11.8 Å². The zero-order valence-electron chi connectivity index (χ0n) is 9.89. The molecule has 0 bridgehead atoms. The van der Waals surface area contributed by atoms with Crippen molar-refractivity contribution in [3.63, 3.8) is 0 Å². The number of hydrogen-bond acceptors (Lipinski definition) is 3. The Morgan fingerprint density at radius 3 is 2.82 bits per heavy atom. The number of benzene rings is 1. The summed E-state index contributed by atoms with van der Waals surface area (Å²) in [5.74, 6) is 0.947. The smallest absolute Gasteiger partial charge is 0.0966 e. The molecule has 3 heteroatoms. The first-order valence-corrected chi connectivity index (χ1v) is 6.60. The number of rotatable bonds is 4. The van der Waals surface area contributed by atoms with Crippen molar-refractivity contribution < 1.29 is 0 Å². The van der Waals surface area contributed by atoms with E-state index in [0.29, 0.717) is 6.54 Å². The molecule has 17 heavy (non-hydrogen) atoms. The van der Waals surface area contributed by atoms with Crippen LogP contribution in [-0.4, -0.2) is 4.98 Å². The van der Waals surface area contributed by atoms with E-state index in [1.54, 1.807) is 11.8 Å². The lowest BCUT2D eigenvalue weighted by molar-refractivity contribution is 1.02. The highest BCUT2D eigenvalue weighted by molar-refractivity contribution is 7.98. The van der Waals surface area contributed by atoms with E-state index in [-0.39, 0.29) is 0 Å². The number of pyridine rings is 1. The maximum absolute atomic E-state index is 5.61. The van der Waals surface area contributed by atoms with Gasteiger partial charge in [0.15, 0.2) is 0 Å². The SMILES string of the molecule is Cc1cccc(CSc2cc(CN)ccn2)c1. The van der Waals surface area contributed by atoms with E-state index in [4.69, 9.17) is 5.73 Å². The lowest BCUT2D eigenvalue weighted by atomic mass is 10.2. The molecule has 0 atom stereocenters. The van der Waals surface area contributed by atoms with E-state index in [9.17, 15) is 0 Å². The van der Waals surface area contributed by atoms with E-state index in [2.05, 4.69) is 42.2 Å². The third-order valence-corrected chi connectivity index (χ3v) is 3.50. The number of nitrogens with zero attached hydrogens (tertiary/aromatic N) is 1. The molecule has 2 aromatic rings. The van der Waals surface area contributed by atoms with Crippen LogP contribution in [0.25, 0.3) is 0 Å². The molecular formula is C14H16N2S. The number of nitrogens with two attached hydrogens (primary N) is 1. The lowest BCUT2D eigenvalue weighted by Gasteiger charge is -2.04. The molecule has 0 amide bonds. The molecule has 2 N–H and O–H groups in total. The number of aromatic nitrogens is 1. The Kier molecular flexibility index (Phi) is 4.18. The molecular weight excluding hydrogens is 228 g/mol. The standard InChI is InChI=1S/C14H16N2S/c1-11-3-2-4-13(7-11)10-17-14-8-12(9-15)5-6-16-14/h2-8H,9-10,15H2,1H3. The van der Waals surface area contributed by atoms with Crippen molar-refractivity contribution in [1.29, 1.82) is 0 Å². The minimum atomic E-state index is 0.570. The fourth-order valence-corrected chi connectivity index (χ4v) is 2.48. The molecule has 0 aliphatic rings. The van der Waals surface area contributed by atoms with Gasteiger partial charge >= 0.3 is 0 Å². The number of hydrogen-bond donors (Lipinski definition) is 1. The molecule has 1 aromatic carbocycles. The van der Waals surface area contributed by atoms with Crippen LogP contribution in [0.4, 0.5) is 0 Å². The van der Waals surface area contributed by atoms with Gasteiger partial charge in [-0.25, -0.2) is 4.98 Å². The van der Waals surface area contributed by atoms with Gasteiger partial charge in [0.05, 0.1) is 5.03 Å². The predicted molar refractivity (Wildman–Crippen MR) is 72.9 cm³/mol. The van der Waals surface area contributed by atoms with E-state index in [0.717, 1.165) is 16.3 Å². The molecule has 0 saturated carbocycles. The summed E-state index contributed by atoms with van der Waals surface area (Å²) in [5, 5.41) is 1.04. The third kappa shape index (κ3) is 3.58. The van der Waals surface area contributed by atoms with Crippen molar-refractivity contribution in [2.45, 2.75) is 24.2 Å². The first-order valence-electron chi connectivity index (χ1n) is 5.61. The van der Waals surface area contributed by atoms with E-state index in [1.807, 2.05) is 12.3 Å². The monoisotopic (exact) mass is 244 g/mol. The van der Waals surface area contributed by atoms with Gasteiger partial charge in [-0.15, -0.1) is 11.8 Å². The van der Waals surface area contributed by atoms with Gasteiger partial charge in [-0.3, -0.25) is 0 Å².